The zero-order chi connectivity index (χ0) is 11.7. The van der Waals surface area contributed by atoms with Crippen LogP contribution < -0.4 is 0 Å². The van der Waals surface area contributed by atoms with E-state index in [9.17, 15) is 0 Å². The Labute approximate surface area is 106 Å². The fraction of sp³-hybridized carbons (Fsp3) is 1.00. The van der Waals surface area contributed by atoms with Crippen molar-refractivity contribution in [1.29, 1.82) is 0 Å². The van der Waals surface area contributed by atoms with Crippen LogP contribution in [0.3, 0.4) is 0 Å². The van der Waals surface area contributed by atoms with E-state index in [1.165, 1.54) is 71.1 Å². The van der Waals surface area contributed by atoms with E-state index in [2.05, 4.69) is 16.7 Å². The van der Waals surface area contributed by atoms with Gasteiger partial charge in [-0.05, 0) is 44.4 Å². The maximum absolute atomic E-state index is 2.80. The Balaban J connectivity index is 1.43. The monoisotopic (exact) mass is 236 g/mol. The van der Waals surface area contributed by atoms with Gasteiger partial charge in [-0.2, -0.15) is 0 Å². The van der Waals surface area contributed by atoms with Crippen LogP contribution >= 0.6 is 0 Å². The summed E-state index contributed by atoms with van der Waals surface area (Å²) >= 11 is 0. The highest BCUT2D eigenvalue weighted by molar-refractivity contribution is 4.89. The highest BCUT2D eigenvalue weighted by Gasteiger charge is 2.33. The van der Waals surface area contributed by atoms with Crippen molar-refractivity contribution in [3.8, 4) is 0 Å². The third-order valence-electron chi connectivity index (χ3n) is 5.32. The summed E-state index contributed by atoms with van der Waals surface area (Å²) in [6, 6.07) is 1.91. The molecule has 0 radical (unpaired) electrons. The number of hydrogen-bond donors (Lipinski definition) is 0. The Morgan fingerprint density at radius 2 is 1.12 bits per heavy atom. The lowest BCUT2D eigenvalue weighted by molar-refractivity contribution is 0.0668. The van der Waals surface area contributed by atoms with Gasteiger partial charge in [-0.3, -0.25) is 9.80 Å². The van der Waals surface area contributed by atoms with Gasteiger partial charge in [0.1, 0.15) is 0 Å². The van der Waals surface area contributed by atoms with Gasteiger partial charge in [-0.1, -0.05) is 13.3 Å². The molecular formula is C15H28N2. The molecule has 0 aromatic carbocycles. The Kier molecular flexibility index (Phi) is 3.72. The zero-order valence-corrected chi connectivity index (χ0v) is 11.4. The first-order valence-corrected chi connectivity index (χ1v) is 7.85. The van der Waals surface area contributed by atoms with Crippen molar-refractivity contribution in [1.82, 2.24) is 9.80 Å². The van der Waals surface area contributed by atoms with Crippen molar-refractivity contribution in [2.75, 3.05) is 26.2 Å². The lowest BCUT2D eigenvalue weighted by Gasteiger charge is -2.42. The second kappa shape index (κ2) is 5.27. The summed E-state index contributed by atoms with van der Waals surface area (Å²) in [6.45, 7) is 7.74. The van der Waals surface area contributed by atoms with Crippen molar-refractivity contribution >= 4 is 0 Å². The van der Waals surface area contributed by atoms with Crippen LogP contribution in [0.1, 0.15) is 51.9 Å². The Hall–Kier alpha value is -0.0800. The quantitative estimate of drug-likeness (QED) is 0.743. The van der Waals surface area contributed by atoms with Crippen LogP contribution in [0.4, 0.5) is 0 Å². The van der Waals surface area contributed by atoms with E-state index in [1.807, 2.05) is 0 Å². The molecule has 0 aromatic rings. The molecule has 0 atom stereocenters. The van der Waals surface area contributed by atoms with Crippen molar-refractivity contribution in [3.63, 3.8) is 0 Å². The van der Waals surface area contributed by atoms with Crippen LogP contribution in [0.25, 0.3) is 0 Å². The van der Waals surface area contributed by atoms with Gasteiger partial charge in [0.15, 0.2) is 0 Å². The minimum Gasteiger partial charge on any atom is -0.298 e. The Bertz CT molecular complexity index is 233. The first kappa shape index (κ1) is 12.0. The maximum atomic E-state index is 2.80. The van der Waals surface area contributed by atoms with Crippen molar-refractivity contribution in [2.45, 2.75) is 64.0 Å². The van der Waals surface area contributed by atoms with Gasteiger partial charge in [0.25, 0.3) is 0 Å². The van der Waals surface area contributed by atoms with Crippen LogP contribution in [0, 0.1) is 5.92 Å². The minimum absolute atomic E-state index is 0.930. The second-order valence-electron chi connectivity index (χ2n) is 6.39. The average Bonchev–Trinajstić information content (AvgIpc) is 3.24. The summed E-state index contributed by atoms with van der Waals surface area (Å²) in [7, 11) is 0. The van der Waals surface area contributed by atoms with Gasteiger partial charge in [0, 0.05) is 38.3 Å². The summed E-state index contributed by atoms with van der Waals surface area (Å²) in [5.41, 5.74) is 0. The molecule has 98 valence electrons. The average molecular weight is 236 g/mol. The second-order valence-corrected chi connectivity index (χ2v) is 6.39. The minimum atomic E-state index is 0.930. The molecule has 0 spiro atoms. The maximum Gasteiger partial charge on any atom is 0.0113 e. The molecule has 3 aliphatic rings. The first-order valence-electron chi connectivity index (χ1n) is 7.85. The van der Waals surface area contributed by atoms with Gasteiger partial charge in [-0.15, -0.1) is 0 Å². The molecule has 0 unspecified atom stereocenters. The third-order valence-corrected chi connectivity index (χ3v) is 5.32. The summed E-state index contributed by atoms with van der Waals surface area (Å²) in [5, 5.41) is 0. The summed E-state index contributed by atoms with van der Waals surface area (Å²) < 4.78 is 0. The Morgan fingerprint density at radius 1 is 0.706 bits per heavy atom. The topological polar surface area (TPSA) is 6.48 Å². The molecule has 2 aliphatic carbocycles. The molecule has 0 bridgehead atoms. The molecule has 1 heterocycles. The number of hydrogen-bond acceptors (Lipinski definition) is 2. The lowest BCUT2D eigenvalue weighted by atomic mass is 9.84. The fourth-order valence-corrected chi connectivity index (χ4v) is 3.83. The lowest BCUT2D eigenvalue weighted by Crippen LogP contribution is -2.51. The number of piperazine rings is 1. The highest BCUT2D eigenvalue weighted by Crippen LogP contribution is 2.31. The first-order chi connectivity index (χ1) is 8.36. The molecule has 3 fully saturated rings. The van der Waals surface area contributed by atoms with E-state index < -0.39 is 0 Å². The molecule has 3 rings (SSSR count). The molecule has 2 heteroatoms. The number of rotatable bonds is 3. The Morgan fingerprint density at radius 3 is 1.47 bits per heavy atom. The largest absolute Gasteiger partial charge is 0.298 e. The van der Waals surface area contributed by atoms with Crippen molar-refractivity contribution in [2.24, 2.45) is 5.92 Å². The molecule has 2 saturated carbocycles. The van der Waals surface area contributed by atoms with Crippen LogP contribution in [-0.2, 0) is 0 Å². The van der Waals surface area contributed by atoms with Crippen molar-refractivity contribution in [3.05, 3.63) is 0 Å². The van der Waals surface area contributed by atoms with E-state index in [4.69, 9.17) is 0 Å². The molecule has 17 heavy (non-hydrogen) atoms. The van der Waals surface area contributed by atoms with E-state index in [1.54, 1.807) is 0 Å². The van der Waals surface area contributed by atoms with Gasteiger partial charge in [0.05, 0.1) is 0 Å². The van der Waals surface area contributed by atoms with Crippen LogP contribution in [0.5, 0.6) is 0 Å². The van der Waals surface area contributed by atoms with E-state index in [0.29, 0.717) is 0 Å². The summed E-state index contributed by atoms with van der Waals surface area (Å²) in [6.07, 6.45) is 10.3. The SMILES string of the molecule is CCC1CCC(N2CCN(C3CC3)CC2)CC1. The fourth-order valence-electron chi connectivity index (χ4n) is 3.83. The van der Waals surface area contributed by atoms with Gasteiger partial charge in [0.2, 0.25) is 0 Å². The van der Waals surface area contributed by atoms with Crippen molar-refractivity contribution < 1.29 is 0 Å². The smallest absolute Gasteiger partial charge is 0.0113 e. The third kappa shape index (κ3) is 2.85. The molecule has 0 N–H and O–H groups in total. The predicted molar refractivity (Wildman–Crippen MR) is 72.2 cm³/mol. The number of nitrogens with zero attached hydrogens (tertiary/aromatic N) is 2. The molecule has 1 saturated heterocycles. The highest BCUT2D eigenvalue weighted by atomic mass is 15.3. The van der Waals surface area contributed by atoms with Gasteiger partial charge >= 0.3 is 0 Å². The standard InChI is InChI=1S/C15H28N2/c1-2-13-3-5-14(6-4-13)16-9-11-17(12-10-16)15-7-8-15/h13-15H,2-12H2,1H3. The summed E-state index contributed by atoms with van der Waals surface area (Å²) in [4.78, 5) is 5.53. The normalized spacial score (nSPS) is 37.2. The van der Waals surface area contributed by atoms with Crippen LogP contribution in [0.2, 0.25) is 0 Å². The molecule has 2 nitrogen and oxygen atoms in total. The predicted octanol–water partition coefficient (Wildman–Crippen LogP) is 2.74. The van der Waals surface area contributed by atoms with Crippen LogP contribution in [0.15, 0.2) is 0 Å². The van der Waals surface area contributed by atoms with Gasteiger partial charge < -0.3 is 0 Å². The van der Waals surface area contributed by atoms with E-state index >= 15 is 0 Å². The molecule has 0 amide bonds. The summed E-state index contributed by atoms with van der Waals surface area (Å²) in [5.74, 6) is 1.04. The molecule has 1 aliphatic heterocycles. The van der Waals surface area contributed by atoms with E-state index in [-0.39, 0.29) is 0 Å². The van der Waals surface area contributed by atoms with E-state index in [0.717, 1.165) is 18.0 Å². The molecular weight excluding hydrogens is 208 g/mol. The molecule has 0 aromatic heterocycles. The van der Waals surface area contributed by atoms with Gasteiger partial charge in [-0.25, -0.2) is 0 Å². The zero-order valence-electron chi connectivity index (χ0n) is 11.4. The van der Waals surface area contributed by atoms with Crippen LogP contribution in [-0.4, -0.2) is 48.1 Å².